The van der Waals surface area contributed by atoms with Gasteiger partial charge in [0.2, 0.25) is 0 Å². The molecule has 5 heteroatoms. The molecule has 1 saturated carbocycles. The molecule has 0 aliphatic heterocycles. The Bertz CT molecular complexity index is 191. The van der Waals surface area contributed by atoms with Crippen molar-refractivity contribution in [3.05, 3.63) is 0 Å². The summed E-state index contributed by atoms with van der Waals surface area (Å²) in [6.45, 7) is 0. The van der Waals surface area contributed by atoms with Crippen molar-refractivity contribution in [2.75, 3.05) is 4.43 Å². The highest BCUT2D eigenvalue weighted by Gasteiger charge is 2.30. The van der Waals surface area contributed by atoms with E-state index in [0.29, 0.717) is 19.3 Å². The molecule has 1 aliphatic carbocycles. The molecule has 13 heavy (non-hydrogen) atoms. The maximum Gasteiger partial charge on any atom is 0.404 e. The zero-order valence-electron chi connectivity index (χ0n) is 7.17. The monoisotopic (exact) mass is 301 g/mol. The summed E-state index contributed by atoms with van der Waals surface area (Å²) in [6.07, 6.45) is -0.142. The molecule has 0 aromatic heterocycles. The average Bonchev–Trinajstić information content (AvgIpc) is 2.07. The minimum absolute atomic E-state index is 0.0543. The van der Waals surface area contributed by atoms with E-state index in [1.165, 1.54) is 0 Å². The Kier molecular flexibility index (Phi) is 4.21. The molecule has 0 unspecified atom stereocenters. The van der Waals surface area contributed by atoms with Gasteiger partial charge in [-0.2, -0.15) is 0 Å². The maximum absolute atomic E-state index is 13.0. The average molecular weight is 301 g/mol. The van der Waals surface area contributed by atoms with Crippen LogP contribution in [0.2, 0.25) is 0 Å². The van der Waals surface area contributed by atoms with E-state index < -0.39 is 12.3 Å². The highest BCUT2D eigenvalue weighted by molar-refractivity contribution is 14.1. The standard InChI is InChI=1S/C8H13FINO2/c9-6-1-2-7(11-8(12)13)5(3-6)4-10/h5-7,11H,1-4H2,(H,12,13)/t5-,6+,7+/m1/s1. The van der Waals surface area contributed by atoms with Crippen LogP contribution in [0.25, 0.3) is 0 Å². The van der Waals surface area contributed by atoms with E-state index in [2.05, 4.69) is 27.9 Å². The Morgan fingerprint density at radius 1 is 1.62 bits per heavy atom. The summed E-state index contributed by atoms with van der Waals surface area (Å²) in [5.74, 6) is 0.153. The van der Waals surface area contributed by atoms with Crippen LogP contribution in [0.4, 0.5) is 9.18 Å². The minimum atomic E-state index is -1.00. The van der Waals surface area contributed by atoms with Crippen molar-refractivity contribution in [2.24, 2.45) is 5.92 Å². The molecule has 0 aromatic carbocycles. The lowest BCUT2D eigenvalue weighted by atomic mass is 9.85. The second-order valence-corrected chi connectivity index (χ2v) is 4.26. The van der Waals surface area contributed by atoms with Crippen molar-refractivity contribution < 1.29 is 14.3 Å². The van der Waals surface area contributed by atoms with Gasteiger partial charge < -0.3 is 10.4 Å². The number of nitrogens with one attached hydrogen (secondary N) is 1. The van der Waals surface area contributed by atoms with Crippen molar-refractivity contribution in [2.45, 2.75) is 31.5 Å². The van der Waals surface area contributed by atoms with Crippen LogP contribution in [0.1, 0.15) is 19.3 Å². The molecule has 1 fully saturated rings. The summed E-state index contributed by atoms with van der Waals surface area (Å²) in [5, 5.41) is 11.0. The fraction of sp³-hybridized carbons (Fsp3) is 0.875. The first-order valence-corrected chi connectivity index (χ1v) is 5.85. The van der Waals surface area contributed by atoms with Gasteiger partial charge in [0.25, 0.3) is 0 Å². The van der Waals surface area contributed by atoms with Gasteiger partial charge in [-0.1, -0.05) is 22.6 Å². The van der Waals surface area contributed by atoms with Crippen LogP contribution in [-0.4, -0.2) is 27.8 Å². The van der Waals surface area contributed by atoms with Crippen LogP contribution in [0.15, 0.2) is 0 Å². The Balaban J connectivity index is 2.47. The molecule has 0 heterocycles. The van der Waals surface area contributed by atoms with Crippen LogP contribution < -0.4 is 5.32 Å². The summed E-state index contributed by atoms with van der Waals surface area (Å²) in [6, 6.07) is -0.0543. The predicted molar refractivity (Wildman–Crippen MR) is 56.1 cm³/mol. The lowest BCUT2D eigenvalue weighted by Crippen LogP contribution is -2.44. The van der Waals surface area contributed by atoms with Crippen molar-refractivity contribution in [3.8, 4) is 0 Å². The number of carbonyl (C=O) groups is 1. The molecule has 1 amide bonds. The van der Waals surface area contributed by atoms with E-state index in [4.69, 9.17) is 5.11 Å². The fourth-order valence-electron chi connectivity index (χ4n) is 1.73. The van der Waals surface area contributed by atoms with E-state index >= 15 is 0 Å². The highest BCUT2D eigenvalue weighted by Crippen LogP contribution is 2.28. The first-order chi connectivity index (χ1) is 6.13. The van der Waals surface area contributed by atoms with Crippen LogP contribution in [0.3, 0.4) is 0 Å². The predicted octanol–water partition coefficient (Wildman–Crippen LogP) is 2.20. The van der Waals surface area contributed by atoms with Gasteiger partial charge in [0.15, 0.2) is 0 Å². The van der Waals surface area contributed by atoms with E-state index in [1.54, 1.807) is 0 Å². The molecule has 0 radical (unpaired) electrons. The largest absolute Gasteiger partial charge is 0.465 e. The van der Waals surface area contributed by atoms with Crippen LogP contribution in [-0.2, 0) is 0 Å². The van der Waals surface area contributed by atoms with Crippen LogP contribution in [0, 0.1) is 5.92 Å². The highest BCUT2D eigenvalue weighted by atomic mass is 127. The number of amides is 1. The van der Waals surface area contributed by atoms with Crippen LogP contribution in [0.5, 0.6) is 0 Å². The Labute approximate surface area is 90.2 Å². The summed E-state index contributed by atoms with van der Waals surface area (Å²) < 4.78 is 13.8. The first-order valence-electron chi connectivity index (χ1n) is 4.33. The number of halogens is 2. The number of hydrogen-bond acceptors (Lipinski definition) is 1. The quantitative estimate of drug-likeness (QED) is 0.607. The van der Waals surface area contributed by atoms with Crippen molar-refractivity contribution >= 4 is 28.7 Å². The Hall–Kier alpha value is -0.0700. The lowest BCUT2D eigenvalue weighted by molar-refractivity contribution is 0.152. The van der Waals surface area contributed by atoms with E-state index in [-0.39, 0.29) is 12.0 Å². The molecule has 3 atom stereocenters. The molecule has 2 N–H and O–H groups in total. The van der Waals surface area contributed by atoms with Gasteiger partial charge in [-0.05, 0) is 25.2 Å². The second-order valence-electron chi connectivity index (χ2n) is 3.38. The summed E-state index contributed by atoms with van der Waals surface area (Å²) >= 11 is 2.18. The third-order valence-electron chi connectivity index (χ3n) is 2.43. The third kappa shape index (κ3) is 3.28. The van der Waals surface area contributed by atoms with Gasteiger partial charge in [-0.25, -0.2) is 9.18 Å². The van der Waals surface area contributed by atoms with Gasteiger partial charge in [-0.15, -0.1) is 0 Å². The van der Waals surface area contributed by atoms with Gasteiger partial charge >= 0.3 is 6.09 Å². The molecule has 76 valence electrons. The first kappa shape index (κ1) is 11.0. The SMILES string of the molecule is O=C(O)N[C@H]1CC[C@H](F)C[C@@H]1CI. The molecular formula is C8H13FINO2. The number of hydrogen-bond donors (Lipinski definition) is 2. The lowest BCUT2D eigenvalue weighted by Gasteiger charge is -2.31. The summed E-state index contributed by atoms with van der Waals surface area (Å²) in [5.41, 5.74) is 0. The van der Waals surface area contributed by atoms with Crippen molar-refractivity contribution in [1.82, 2.24) is 5.32 Å². The van der Waals surface area contributed by atoms with Gasteiger partial charge in [0.1, 0.15) is 6.17 Å². The minimum Gasteiger partial charge on any atom is -0.465 e. The van der Waals surface area contributed by atoms with Gasteiger partial charge in [-0.3, -0.25) is 0 Å². The van der Waals surface area contributed by atoms with E-state index in [9.17, 15) is 9.18 Å². The molecule has 0 aromatic rings. The summed E-state index contributed by atoms with van der Waals surface area (Å²) in [7, 11) is 0. The van der Waals surface area contributed by atoms with E-state index in [0.717, 1.165) is 4.43 Å². The zero-order chi connectivity index (χ0) is 9.84. The second kappa shape index (κ2) is 4.97. The van der Waals surface area contributed by atoms with Gasteiger partial charge in [0.05, 0.1) is 0 Å². The van der Waals surface area contributed by atoms with Crippen molar-refractivity contribution in [1.29, 1.82) is 0 Å². The topological polar surface area (TPSA) is 49.3 Å². The number of rotatable bonds is 2. The van der Waals surface area contributed by atoms with Gasteiger partial charge in [0, 0.05) is 10.5 Å². The molecule has 1 rings (SSSR count). The number of carboxylic acid groups (broad SMARTS) is 1. The molecular weight excluding hydrogens is 288 g/mol. The zero-order valence-corrected chi connectivity index (χ0v) is 9.33. The van der Waals surface area contributed by atoms with Crippen molar-refractivity contribution in [3.63, 3.8) is 0 Å². The normalized spacial score (nSPS) is 34.2. The molecule has 1 aliphatic rings. The molecule has 3 nitrogen and oxygen atoms in total. The fourth-order valence-corrected chi connectivity index (χ4v) is 2.70. The third-order valence-corrected chi connectivity index (χ3v) is 3.56. The molecule has 0 spiro atoms. The maximum atomic E-state index is 13.0. The molecule has 0 bridgehead atoms. The smallest absolute Gasteiger partial charge is 0.404 e. The molecule has 0 saturated heterocycles. The Morgan fingerprint density at radius 2 is 2.31 bits per heavy atom. The van der Waals surface area contributed by atoms with Crippen LogP contribution >= 0.6 is 22.6 Å². The summed E-state index contributed by atoms with van der Waals surface area (Å²) in [4.78, 5) is 10.4. The number of alkyl halides is 2. The Morgan fingerprint density at radius 3 is 2.85 bits per heavy atom. The van der Waals surface area contributed by atoms with E-state index in [1.807, 2.05) is 0 Å².